The van der Waals surface area contributed by atoms with Crippen molar-refractivity contribution in [3.63, 3.8) is 0 Å². The van der Waals surface area contributed by atoms with E-state index < -0.39 is 0 Å². The highest BCUT2D eigenvalue weighted by molar-refractivity contribution is 6.23. The van der Waals surface area contributed by atoms with E-state index in [0.717, 1.165) is 5.56 Å². The standard InChI is InChI=1S/C22H19NO2/c1-22(2)12-25-21(24)23-20(22)17-11-9-15-7-6-13-4-3-5-14-8-10-16(17)19(15)18(13)14/h3-11,20H,12H2,1-2H3,(H,23,24)/t20-/m1/s1. The smallest absolute Gasteiger partial charge is 0.407 e. The first-order chi connectivity index (χ1) is 12.0. The number of hydrogen-bond donors (Lipinski definition) is 1. The molecule has 1 saturated heterocycles. The number of amides is 1. The molecule has 124 valence electrons. The van der Waals surface area contributed by atoms with Gasteiger partial charge in [-0.3, -0.25) is 0 Å². The Hall–Kier alpha value is -2.81. The summed E-state index contributed by atoms with van der Waals surface area (Å²) in [7, 11) is 0. The van der Waals surface area contributed by atoms with Crippen LogP contribution in [0.25, 0.3) is 32.3 Å². The minimum Gasteiger partial charge on any atom is -0.449 e. The normalized spacial score (nSPS) is 20.1. The fraction of sp³-hybridized carbons (Fsp3) is 0.227. The van der Waals surface area contributed by atoms with E-state index >= 15 is 0 Å². The van der Waals surface area contributed by atoms with Gasteiger partial charge in [-0.2, -0.15) is 0 Å². The summed E-state index contributed by atoms with van der Waals surface area (Å²) in [5.41, 5.74) is 0.990. The molecule has 25 heavy (non-hydrogen) atoms. The Bertz CT molecular complexity index is 1110. The van der Waals surface area contributed by atoms with E-state index in [9.17, 15) is 4.79 Å². The summed E-state index contributed by atoms with van der Waals surface area (Å²) in [4.78, 5) is 11.9. The van der Waals surface area contributed by atoms with Crippen LogP contribution in [-0.2, 0) is 4.74 Å². The Morgan fingerprint density at radius 2 is 1.56 bits per heavy atom. The van der Waals surface area contributed by atoms with E-state index in [0.29, 0.717) is 6.61 Å². The number of carbonyl (C=O) groups excluding carboxylic acids is 1. The van der Waals surface area contributed by atoms with Gasteiger partial charge in [0.15, 0.2) is 0 Å². The average Bonchev–Trinajstić information content (AvgIpc) is 2.62. The first-order valence-electron chi connectivity index (χ1n) is 8.64. The van der Waals surface area contributed by atoms with Crippen molar-refractivity contribution in [2.75, 3.05) is 6.61 Å². The molecule has 0 unspecified atom stereocenters. The molecule has 5 rings (SSSR count). The lowest BCUT2D eigenvalue weighted by Crippen LogP contribution is -2.47. The molecule has 0 aromatic heterocycles. The second-order valence-corrected chi connectivity index (χ2v) is 7.65. The van der Waals surface area contributed by atoms with E-state index in [2.05, 4.69) is 73.8 Å². The van der Waals surface area contributed by atoms with Crippen LogP contribution >= 0.6 is 0 Å². The topological polar surface area (TPSA) is 38.3 Å². The van der Waals surface area contributed by atoms with Crippen LogP contribution in [0.15, 0.2) is 54.6 Å². The summed E-state index contributed by atoms with van der Waals surface area (Å²) in [5, 5.41) is 10.6. The maximum absolute atomic E-state index is 11.9. The SMILES string of the molecule is CC1(C)COC(=O)N[C@@H]1c1ccc2ccc3cccc4ccc1c2c34. The molecule has 1 aliphatic rings. The van der Waals surface area contributed by atoms with Gasteiger partial charge in [-0.05, 0) is 37.9 Å². The highest BCUT2D eigenvalue weighted by Gasteiger charge is 2.38. The molecule has 4 aromatic rings. The van der Waals surface area contributed by atoms with Crippen LogP contribution in [0.2, 0.25) is 0 Å². The lowest BCUT2D eigenvalue weighted by atomic mass is 9.78. The summed E-state index contributed by atoms with van der Waals surface area (Å²) >= 11 is 0. The third-order valence-corrected chi connectivity index (χ3v) is 5.49. The molecule has 1 aliphatic heterocycles. The minimum absolute atomic E-state index is 0.0710. The maximum atomic E-state index is 11.9. The molecule has 1 atom stereocenters. The minimum atomic E-state index is -0.338. The Morgan fingerprint density at radius 1 is 0.920 bits per heavy atom. The highest BCUT2D eigenvalue weighted by atomic mass is 16.6. The predicted octanol–water partition coefficient (Wildman–Crippen LogP) is 5.39. The lowest BCUT2D eigenvalue weighted by Gasteiger charge is -2.39. The number of nitrogens with one attached hydrogen (secondary N) is 1. The van der Waals surface area contributed by atoms with Crippen molar-refractivity contribution in [2.24, 2.45) is 5.41 Å². The fourth-order valence-corrected chi connectivity index (χ4v) is 4.20. The van der Waals surface area contributed by atoms with E-state index in [1.807, 2.05) is 0 Å². The molecule has 3 nitrogen and oxygen atoms in total. The summed E-state index contributed by atoms with van der Waals surface area (Å²) in [6, 6.07) is 19.4. The molecular weight excluding hydrogens is 310 g/mol. The van der Waals surface area contributed by atoms with Gasteiger partial charge in [-0.1, -0.05) is 68.4 Å². The third kappa shape index (κ3) is 2.02. The van der Waals surface area contributed by atoms with Crippen molar-refractivity contribution in [1.82, 2.24) is 5.32 Å². The summed E-state index contributed by atoms with van der Waals surface area (Å²) in [6.07, 6.45) is -0.338. The zero-order valence-electron chi connectivity index (χ0n) is 14.3. The molecule has 0 bridgehead atoms. The van der Waals surface area contributed by atoms with Crippen molar-refractivity contribution in [3.05, 3.63) is 60.2 Å². The average molecular weight is 329 g/mol. The quantitative estimate of drug-likeness (QED) is 0.475. The van der Waals surface area contributed by atoms with Crippen LogP contribution in [0.1, 0.15) is 25.5 Å². The highest BCUT2D eigenvalue weighted by Crippen LogP contribution is 2.43. The van der Waals surface area contributed by atoms with Crippen molar-refractivity contribution < 1.29 is 9.53 Å². The molecule has 1 amide bonds. The molecule has 4 aromatic carbocycles. The van der Waals surface area contributed by atoms with Crippen LogP contribution in [0.5, 0.6) is 0 Å². The maximum Gasteiger partial charge on any atom is 0.407 e. The Labute approximate surface area is 145 Å². The molecule has 1 fully saturated rings. The summed E-state index contributed by atoms with van der Waals surface area (Å²) in [5.74, 6) is 0. The van der Waals surface area contributed by atoms with E-state index in [-0.39, 0.29) is 17.6 Å². The molecule has 1 heterocycles. The van der Waals surface area contributed by atoms with Crippen LogP contribution in [-0.4, -0.2) is 12.7 Å². The first kappa shape index (κ1) is 14.5. The number of hydrogen-bond acceptors (Lipinski definition) is 2. The van der Waals surface area contributed by atoms with Gasteiger partial charge in [0.2, 0.25) is 0 Å². The summed E-state index contributed by atoms with van der Waals surface area (Å²) < 4.78 is 5.22. The van der Waals surface area contributed by atoms with Crippen molar-refractivity contribution in [1.29, 1.82) is 0 Å². The fourth-order valence-electron chi connectivity index (χ4n) is 4.20. The summed E-state index contributed by atoms with van der Waals surface area (Å²) in [6.45, 7) is 4.69. The van der Waals surface area contributed by atoms with E-state index in [4.69, 9.17) is 4.74 Å². The van der Waals surface area contributed by atoms with Crippen molar-refractivity contribution >= 4 is 38.4 Å². The van der Waals surface area contributed by atoms with Gasteiger partial charge >= 0.3 is 6.09 Å². The molecule has 0 spiro atoms. The molecule has 0 aliphatic carbocycles. The monoisotopic (exact) mass is 329 g/mol. The molecule has 3 heteroatoms. The van der Waals surface area contributed by atoms with Gasteiger partial charge in [-0.15, -0.1) is 0 Å². The van der Waals surface area contributed by atoms with Crippen LogP contribution in [0.3, 0.4) is 0 Å². The zero-order chi connectivity index (χ0) is 17.2. The number of rotatable bonds is 1. The lowest BCUT2D eigenvalue weighted by molar-refractivity contribution is 0.0391. The van der Waals surface area contributed by atoms with Gasteiger partial charge in [0.05, 0.1) is 6.04 Å². The molecular formula is C22H19NO2. The largest absolute Gasteiger partial charge is 0.449 e. The van der Waals surface area contributed by atoms with Crippen LogP contribution < -0.4 is 5.32 Å². The number of alkyl carbamates (subject to hydrolysis) is 1. The number of benzene rings is 4. The second kappa shape index (κ2) is 4.85. The van der Waals surface area contributed by atoms with Gasteiger partial charge < -0.3 is 10.1 Å². The van der Waals surface area contributed by atoms with E-state index in [1.165, 1.54) is 32.3 Å². The number of cyclic esters (lactones) is 1. The first-order valence-corrected chi connectivity index (χ1v) is 8.64. The van der Waals surface area contributed by atoms with Crippen molar-refractivity contribution in [3.8, 4) is 0 Å². The Morgan fingerprint density at radius 3 is 2.32 bits per heavy atom. The molecule has 0 saturated carbocycles. The van der Waals surface area contributed by atoms with Crippen LogP contribution in [0, 0.1) is 5.41 Å². The van der Waals surface area contributed by atoms with Crippen molar-refractivity contribution in [2.45, 2.75) is 19.9 Å². The second-order valence-electron chi connectivity index (χ2n) is 7.65. The van der Waals surface area contributed by atoms with Crippen LogP contribution in [0.4, 0.5) is 4.79 Å². The zero-order valence-corrected chi connectivity index (χ0v) is 14.3. The van der Waals surface area contributed by atoms with E-state index in [1.54, 1.807) is 0 Å². The van der Waals surface area contributed by atoms with Gasteiger partial charge in [0, 0.05) is 5.41 Å². The Kier molecular flexibility index (Phi) is 2.82. The number of carbonyl (C=O) groups is 1. The van der Waals surface area contributed by atoms with Gasteiger partial charge in [-0.25, -0.2) is 4.79 Å². The molecule has 1 N–H and O–H groups in total. The Balaban J connectivity index is 1.86. The predicted molar refractivity (Wildman–Crippen MR) is 101 cm³/mol. The van der Waals surface area contributed by atoms with Gasteiger partial charge in [0.25, 0.3) is 0 Å². The molecule has 0 radical (unpaired) electrons. The third-order valence-electron chi connectivity index (χ3n) is 5.49. The number of ether oxygens (including phenoxy) is 1. The van der Waals surface area contributed by atoms with Gasteiger partial charge in [0.1, 0.15) is 6.61 Å².